The van der Waals surface area contributed by atoms with E-state index in [4.69, 9.17) is 37.9 Å². The van der Waals surface area contributed by atoms with Crippen LogP contribution < -0.4 is 26.9 Å². The number of carbonyl (C=O) groups is 1. The molecule has 0 radical (unpaired) electrons. The molecule has 0 bridgehead atoms. The summed E-state index contributed by atoms with van der Waals surface area (Å²) >= 11 is 5.92. The van der Waals surface area contributed by atoms with Gasteiger partial charge in [-0.1, -0.05) is 87.8 Å². The molecule has 2 atom stereocenters. The van der Waals surface area contributed by atoms with Crippen molar-refractivity contribution < 1.29 is 62.2 Å². The number of benzene rings is 4. The molecular formula is C68H74ClF3N10O11S3. The first kappa shape index (κ1) is 71.1. The van der Waals surface area contributed by atoms with Gasteiger partial charge in [-0.15, -0.1) is 0 Å². The smallest absolute Gasteiger partial charge is 0.422 e. The Morgan fingerprint density at radius 2 is 1.41 bits per heavy atom. The van der Waals surface area contributed by atoms with Crippen LogP contribution in [-0.2, 0) is 50.3 Å². The number of nitrogens with two attached hydrogens (primary N) is 1. The lowest BCUT2D eigenvalue weighted by Gasteiger charge is -2.46. The van der Waals surface area contributed by atoms with Crippen molar-refractivity contribution in [2.24, 2.45) is 17.7 Å². The minimum absolute atomic E-state index is 0.0654. The Hall–Kier alpha value is -9.17. The van der Waals surface area contributed by atoms with Gasteiger partial charge in [0.15, 0.2) is 16.0 Å². The number of methoxy groups -OCH3 is 2. The maximum atomic E-state index is 13.9. The first-order valence-electron chi connectivity index (χ1n) is 30.4. The van der Waals surface area contributed by atoms with E-state index in [-0.39, 0.29) is 67.5 Å². The number of phenols is 1. The fraction of sp³-hybridized carbons (Fsp3) is 0.294. The van der Waals surface area contributed by atoms with Gasteiger partial charge < -0.3 is 29.6 Å². The van der Waals surface area contributed by atoms with Gasteiger partial charge >= 0.3 is 6.18 Å². The van der Waals surface area contributed by atoms with Crippen LogP contribution in [-0.4, -0.2) is 116 Å². The number of halogens is 4. The second-order valence-corrected chi connectivity index (χ2v) is 30.0. The van der Waals surface area contributed by atoms with Crippen LogP contribution in [0.4, 0.5) is 18.9 Å². The van der Waals surface area contributed by atoms with Crippen LogP contribution in [0, 0.1) is 18.4 Å². The Balaban J connectivity index is 0.000000173. The van der Waals surface area contributed by atoms with E-state index in [9.17, 15) is 48.3 Å². The van der Waals surface area contributed by atoms with Gasteiger partial charge in [0.25, 0.3) is 5.91 Å². The number of hydrogen-bond donors (Lipinski definition) is 5. The highest BCUT2D eigenvalue weighted by molar-refractivity contribution is 8.14. The van der Waals surface area contributed by atoms with Crippen molar-refractivity contribution in [3.8, 4) is 5.75 Å². The number of allylic oxidation sites excluding steroid dienone is 7. The van der Waals surface area contributed by atoms with Crippen LogP contribution in [0.5, 0.6) is 5.75 Å². The number of hydrogen-bond acceptors (Lipinski definition) is 19. The molecule has 96 heavy (non-hydrogen) atoms. The number of rotatable bonds is 15. The molecule has 508 valence electrons. The Morgan fingerprint density at radius 3 is 1.92 bits per heavy atom. The number of piperidine rings is 1. The van der Waals surface area contributed by atoms with Gasteiger partial charge in [0, 0.05) is 97.8 Å². The molecule has 2 unspecified atom stereocenters. The van der Waals surface area contributed by atoms with Gasteiger partial charge in [0.1, 0.15) is 22.9 Å². The van der Waals surface area contributed by atoms with E-state index in [1.807, 2.05) is 67.3 Å². The number of amides is 1. The first-order valence-corrected chi connectivity index (χ1v) is 35.6. The number of nitrogens with zero attached hydrogens (tertiary/aromatic N) is 6. The van der Waals surface area contributed by atoms with Crippen molar-refractivity contribution in [3.05, 3.63) is 246 Å². The van der Waals surface area contributed by atoms with Crippen molar-refractivity contribution in [2.75, 3.05) is 58.7 Å². The van der Waals surface area contributed by atoms with Crippen molar-refractivity contribution in [1.29, 1.82) is 0 Å². The highest BCUT2D eigenvalue weighted by atomic mass is 35.5. The lowest BCUT2D eigenvalue weighted by atomic mass is 9.90. The van der Waals surface area contributed by atoms with E-state index < -0.39 is 51.4 Å². The van der Waals surface area contributed by atoms with E-state index in [1.165, 1.54) is 87.0 Å². The first-order chi connectivity index (χ1) is 45.5. The molecule has 1 aromatic heterocycles. The minimum Gasteiger partial charge on any atom is -0.508 e. The zero-order chi connectivity index (χ0) is 69.6. The third-order valence-electron chi connectivity index (χ3n) is 16.3. The number of ether oxygens (including phenoxy) is 2. The molecule has 0 aliphatic carbocycles. The number of nitrogens with one attached hydrogen (secondary N) is 3. The monoisotopic (exact) mass is 1390 g/mol. The van der Waals surface area contributed by atoms with Crippen LogP contribution in [0.15, 0.2) is 232 Å². The summed E-state index contributed by atoms with van der Waals surface area (Å²) in [6, 6.07) is 30.4. The summed E-state index contributed by atoms with van der Waals surface area (Å²) < 4.78 is 136. The topological polar surface area (TPSA) is 254 Å². The quantitative estimate of drug-likeness (QED) is 0.0215. The minimum atomic E-state index is -4.82. The molecule has 28 heteroatoms. The Labute approximate surface area is 562 Å². The summed E-state index contributed by atoms with van der Waals surface area (Å²) in [5.74, 6) is 6.20. The molecule has 6 aliphatic rings. The summed E-state index contributed by atoms with van der Waals surface area (Å²) in [4.78, 5) is 16.9. The number of aromatic hydroxyl groups is 1. The van der Waals surface area contributed by atoms with Crippen molar-refractivity contribution in [3.63, 3.8) is 0 Å². The number of sulfone groups is 3. The number of alkyl halides is 3. The molecule has 6 N–H and O–H groups in total. The fourth-order valence-electron chi connectivity index (χ4n) is 11.9. The summed E-state index contributed by atoms with van der Waals surface area (Å²) in [6.45, 7) is 18.8. The van der Waals surface area contributed by atoms with Gasteiger partial charge in [-0.25, -0.2) is 40.9 Å². The normalized spacial score (nSPS) is 18.5. The van der Waals surface area contributed by atoms with Crippen LogP contribution >= 0.6 is 11.6 Å². The zero-order valence-electron chi connectivity index (χ0n) is 53.8. The summed E-state index contributed by atoms with van der Waals surface area (Å²) in [7, 11) is -7.86. The molecule has 11 rings (SSSR count). The van der Waals surface area contributed by atoms with Gasteiger partial charge in [-0.3, -0.25) is 30.1 Å². The fourth-order valence-corrected chi connectivity index (χ4v) is 16.6. The maximum Gasteiger partial charge on any atom is 0.422 e. The van der Waals surface area contributed by atoms with E-state index in [0.29, 0.717) is 71.0 Å². The molecule has 0 saturated carbocycles. The van der Waals surface area contributed by atoms with Gasteiger partial charge in [-0.2, -0.15) is 13.2 Å². The Kier molecular flexibility index (Phi) is 21.8. The molecule has 1 fully saturated rings. The van der Waals surface area contributed by atoms with Gasteiger partial charge in [0.2, 0.25) is 40.3 Å². The van der Waals surface area contributed by atoms with E-state index >= 15 is 0 Å². The number of phenolic OH excluding ortho intramolecular Hbond substituents is 1. The van der Waals surface area contributed by atoms with Crippen LogP contribution in [0.25, 0.3) is 10.5 Å². The van der Waals surface area contributed by atoms with Crippen LogP contribution in [0.1, 0.15) is 69.8 Å². The maximum absolute atomic E-state index is 13.9. The SMILES string of the molecule is CC1CC(C)CN(N2C3=C(NCC3)/C(=C(/C(=O)NN)C(F)(F)F)C3=C2NCC3)C1.COC1=CC(=C(S(=O)(=O)c2ccccc2)S(=O)(=O)c2ccccc2)C=C(OC)N1Cc1cc(C(C)C)ccc1O.[C-]#[N+]C(=C1C=CN(N(C)c2ccc(Cl)cc2)C=C1)c1ccc(S(C)(=O)=O)o1. The van der Waals surface area contributed by atoms with E-state index in [2.05, 4.69) is 39.3 Å². The summed E-state index contributed by atoms with van der Waals surface area (Å²) in [6.07, 6.45) is 8.21. The lowest BCUT2D eigenvalue weighted by molar-refractivity contribution is -0.131. The molecule has 7 heterocycles. The number of carbonyl (C=O) groups excluding carboxylic acids is 1. The molecule has 21 nitrogen and oxygen atoms in total. The third-order valence-corrected chi connectivity index (χ3v) is 22.1. The van der Waals surface area contributed by atoms with Crippen LogP contribution in [0.2, 0.25) is 5.02 Å². The molecule has 4 aromatic carbocycles. The largest absolute Gasteiger partial charge is 0.508 e. The average Bonchev–Trinajstić information content (AvgIpc) is 1.52. The van der Waals surface area contributed by atoms with Gasteiger partial charge in [-0.05, 0) is 121 Å². The van der Waals surface area contributed by atoms with E-state index in [1.54, 1.807) is 53.1 Å². The Morgan fingerprint density at radius 1 is 0.833 bits per heavy atom. The van der Waals surface area contributed by atoms with Gasteiger partial charge in [0.05, 0.1) is 54.2 Å². The molecule has 5 aromatic rings. The molecule has 1 amide bonds. The highest BCUT2D eigenvalue weighted by Crippen LogP contribution is 2.46. The highest BCUT2D eigenvalue weighted by Gasteiger charge is 2.48. The summed E-state index contributed by atoms with van der Waals surface area (Å²) in [5.41, 5.74) is 5.34. The molecule has 1 saturated heterocycles. The second-order valence-electron chi connectivity index (χ2n) is 23.5. The molecule has 6 aliphatic heterocycles. The molecule has 0 spiro atoms. The van der Waals surface area contributed by atoms with Crippen molar-refractivity contribution >= 4 is 58.4 Å². The van der Waals surface area contributed by atoms with E-state index in [0.717, 1.165) is 42.7 Å². The predicted molar refractivity (Wildman–Crippen MR) is 359 cm³/mol. The van der Waals surface area contributed by atoms with Crippen molar-refractivity contribution in [1.82, 2.24) is 36.0 Å². The number of hydrazine groups is 3. The van der Waals surface area contributed by atoms with Crippen LogP contribution in [0.3, 0.4) is 0 Å². The summed E-state index contributed by atoms with van der Waals surface area (Å²) in [5, 5.41) is 25.5. The zero-order valence-corrected chi connectivity index (χ0v) is 57.1. The lowest BCUT2D eigenvalue weighted by Crippen LogP contribution is -2.52. The second kappa shape index (κ2) is 29.4. The predicted octanol–water partition coefficient (Wildman–Crippen LogP) is 11.3. The number of furan rings is 1. The number of anilines is 1. The standard InChI is InChI=1S/C30H31NO7S2.C19H16ClN3O3S.C19H27F3N6O/c1-21(2)22-15-16-27(32)24(17-22)20-31-28(37-3)18-23(19-29(31)38-4)30(39(33,34)25-11-7-5-8-12-25)40(35,36)26-13-9-6-10-14-26;1-21-19(17-8-9-18(26-17)27(3,24)25)14-10-12-23(13-11-14)22(2)16-6-4-15(20)5-7-16;1-10-7-11(2)9-27(8-10)28-13-4-6-24-16(13)14(12-3-5-25-17(12)28)15(18(29)26-23)19(20,21)22/h5-19,21,32H,20H2,1-4H3;4-13H,2-3H3;10-11,24-25H,3-9,23H2,1-2H3,(H,26,29)/b;;15-14-. The third kappa shape index (κ3) is 15.4. The Bertz CT molecular complexity index is 4330. The van der Waals surface area contributed by atoms with Crippen molar-refractivity contribution in [2.45, 2.75) is 80.5 Å². The molecular weight excluding hydrogens is 1320 g/mol. The average molecular weight is 1400 g/mol.